The summed E-state index contributed by atoms with van der Waals surface area (Å²) >= 11 is 0. The molecule has 2 heterocycles. The first-order valence-corrected chi connectivity index (χ1v) is 16.4. The first-order chi connectivity index (χ1) is 22.3. The standard InChI is InChI=1S/C39H41N3O5/c1-21-12-14-26(15-13-21)40-42-35(45)30-20-29-27(16-17-28-31(29)36(46)41(34(28)44)38(4,5)6)32(24-18-22(2)33(43)23(3)19-24)39(30,37(42)47)25-10-8-7-9-11-25/h7-16,18-19,28-32,40,43H,17,20H2,1-6H3/t28-,29+,30-,31-,32-,39+/m0/s1. The minimum atomic E-state index is -1.34. The lowest BCUT2D eigenvalue weighted by Crippen LogP contribution is -2.53. The maximum absolute atomic E-state index is 15.2. The van der Waals surface area contributed by atoms with Gasteiger partial charge in [-0.3, -0.25) is 29.5 Å². The Bertz CT molecular complexity index is 1830. The fraction of sp³-hybridized carbons (Fsp3) is 0.385. The molecule has 4 amide bonds. The normalized spacial score (nSPS) is 28.6. The smallest absolute Gasteiger partial charge is 0.260 e. The Balaban J connectivity index is 1.47. The summed E-state index contributed by atoms with van der Waals surface area (Å²) in [6.07, 6.45) is 2.70. The van der Waals surface area contributed by atoms with Gasteiger partial charge in [0.25, 0.3) is 11.8 Å². The highest BCUT2D eigenvalue weighted by molar-refractivity contribution is 6.13. The molecule has 3 aromatic carbocycles. The third kappa shape index (κ3) is 4.40. The summed E-state index contributed by atoms with van der Waals surface area (Å²) in [5.74, 6) is -3.93. The van der Waals surface area contributed by atoms with Crippen LogP contribution in [0.2, 0.25) is 0 Å². The maximum atomic E-state index is 15.2. The largest absolute Gasteiger partial charge is 0.507 e. The number of carbonyl (C=O) groups excluding carboxylic acids is 4. The summed E-state index contributed by atoms with van der Waals surface area (Å²) in [7, 11) is 0. The van der Waals surface area contributed by atoms with Crippen molar-refractivity contribution in [2.45, 2.75) is 71.3 Å². The van der Waals surface area contributed by atoms with Crippen molar-refractivity contribution in [3.63, 3.8) is 0 Å². The molecule has 7 rings (SSSR count). The summed E-state index contributed by atoms with van der Waals surface area (Å²) in [6.45, 7) is 11.2. The van der Waals surface area contributed by atoms with Crippen LogP contribution in [0.25, 0.3) is 0 Å². The van der Waals surface area contributed by atoms with Crippen LogP contribution >= 0.6 is 0 Å². The van der Waals surface area contributed by atoms with Gasteiger partial charge in [-0.05, 0) is 94.7 Å². The van der Waals surface area contributed by atoms with Gasteiger partial charge in [-0.1, -0.05) is 71.8 Å². The minimum absolute atomic E-state index is 0.174. The van der Waals surface area contributed by atoms with Crippen molar-refractivity contribution in [2.75, 3.05) is 5.43 Å². The Morgan fingerprint density at radius 2 is 1.47 bits per heavy atom. The molecule has 242 valence electrons. The number of hydrazine groups is 1. The number of allylic oxidation sites excluding steroid dienone is 2. The first kappa shape index (κ1) is 30.9. The number of hydrogen-bond acceptors (Lipinski definition) is 6. The summed E-state index contributed by atoms with van der Waals surface area (Å²) in [5.41, 5.74) is 6.52. The van der Waals surface area contributed by atoms with E-state index in [-0.39, 0.29) is 35.8 Å². The highest BCUT2D eigenvalue weighted by Crippen LogP contribution is 2.64. The number of carbonyl (C=O) groups is 4. The molecule has 4 aliphatic rings. The molecule has 6 atom stereocenters. The quantitative estimate of drug-likeness (QED) is 0.266. The lowest BCUT2D eigenvalue weighted by atomic mass is 9.49. The summed E-state index contributed by atoms with van der Waals surface area (Å²) in [4.78, 5) is 59.3. The van der Waals surface area contributed by atoms with E-state index in [0.717, 1.165) is 22.3 Å². The third-order valence-electron chi connectivity index (χ3n) is 10.9. The minimum Gasteiger partial charge on any atom is -0.507 e. The first-order valence-electron chi connectivity index (χ1n) is 16.4. The molecule has 2 N–H and O–H groups in total. The van der Waals surface area contributed by atoms with E-state index < -0.39 is 40.5 Å². The fourth-order valence-electron chi connectivity index (χ4n) is 8.94. The number of aryl methyl sites for hydroxylation is 3. The number of amides is 4. The molecule has 8 heteroatoms. The van der Waals surface area contributed by atoms with Crippen LogP contribution in [0.3, 0.4) is 0 Å². The van der Waals surface area contributed by atoms with Crippen molar-refractivity contribution in [3.05, 3.63) is 106 Å². The van der Waals surface area contributed by atoms with Gasteiger partial charge in [0, 0.05) is 11.5 Å². The van der Waals surface area contributed by atoms with Crippen LogP contribution < -0.4 is 5.43 Å². The number of phenolic OH excluding ortho intramolecular Hbond substituents is 1. The lowest BCUT2D eigenvalue weighted by Gasteiger charge is -2.50. The zero-order valence-electron chi connectivity index (χ0n) is 27.7. The highest BCUT2D eigenvalue weighted by Gasteiger charge is 2.70. The molecule has 0 radical (unpaired) electrons. The molecule has 0 bridgehead atoms. The second-order valence-corrected chi connectivity index (χ2v) is 14.8. The molecule has 0 spiro atoms. The predicted octanol–water partition coefficient (Wildman–Crippen LogP) is 6.10. The number of nitrogens with one attached hydrogen (secondary N) is 1. The fourth-order valence-corrected chi connectivity index (χ4v) is 8.94. The lowest BCUT2D eigenvalue weighted by molar-refractivity contribution is -0.146. The molecule has 0 aromatic heterocycles. The van der Waals surface area contributed by atoms with Crippen molar-refractivity contribution in [1.29, 1.82) is 0 Å². The van der Waals surface area contributed by atoms with Crippen LogP contribution in [-0.2, 0) is 24.6 Å². The third-order valence-corrected chi connectivity index (χ3v) is 10.9. The molecule has 3 fully saturated rings. The molecule has 2 saturated heterocycles. The Kier molecular flexibility index (Phi) is 7.01. The van der Waals surface area contributed by atoms with Gasteiger partial charge in [0.15, 0.2) is 0 Å². The van der Waals surface area contributed by atoms with Crippen molar-refractivity contribution >= 4 is 29.3 Å². The van der Waals surface area contributed by atoms with Crippen LogP contribution in [-0.4, -0.2) is 44.2 Å². The Morgan fingerprint density at radius 1 is 0.830 bits per heavy atom. The average Bonchev–Trinajstić information content (AvgIpc) is 3.42. The van der Waals surface area contributed by atoms with Gasteiger partial charge in [0.05, 0.1) is 28.9 Å². The molecule has 2 aliphatic heterocycles. The second kappa shape index (κ2) is 10.7. The number of aromatic hydroxyl groups is 1. The van der Waals surface area contributed by atoms with Gasteiger partial charge in [-0.2, -0.15) is 5.01 Å². The zero-order valence-corrected chi connectivity index (χ0v) is 27.7. The molecule has 47 heavy (non-hydrogen) atoms. The summed E-state index contributed by atoms with van der Waals surface area (Å²) in [5, 5.41) is 12.0. The van der Waals surface area contributed by atoms with Crippen LogP contribution in [0.5, 0.6) is 5.75 Å². The van der Waals surface area contributed by atoms with Crippen molar-refractivity contribution in [3.8, 4) is 5.75 Å². The van der Waals surface area contributed by atoms with E-state index in [4.69, 9.17) is 0 Å². The van der Waals surface area contributed by atoms with E-state index in [1.54, 1.807) is 0 Å². The Hall–Kier alpha value is -4.72. The highest BCUT2D eigenvalue weighted by atomic mass is 16.3. The zero-order chi connectivity index (χ0) is 33.6. The summed E-state index contributed by atoms with van der Waals surface area (Å²) in [6, 6.07) is 20.8. The number of rotatable bonds is 4. The SMILES string of the molecule is Cc1ccc(NN2C(=O)[C@@H]3C[C@@H]4C(=CC[C@@H]5C(=O)N(C(C)(C)C)C(=O)[C@@H]54)[C@H](c4cc(C)c(O)c(C)c4)[C@]3(c3ccccc3)C2=O)cc1. The second-order valence-electron chi connectivity index (χ2n) is 14.8. The van der Waals surface area contributed by atoms with Crippen LogP contribution in [0.1, 0.15) is 67.3 Å². The van der Waals surface area contributed by atoms with E-state index in [1.165, 1.54) is 9.91 Å². The van der Waals surface area contributed by atoms with Crippen molar-refractivity contribution in [1.82, 2.24) is 9.91 Å². The van der Waals surface area contributed by atoms with Crippen LogP contribution in [0.4, 0.5) is 5.69 Å². The topological polar surface area (TPSA) is 107 Å². The average molecular weight is 632 g/mol. The Labute approximate surface area is 275 Å². The number of nitrogens with zero attached hydrogens (tertiary/aromatic N) is 2. The molecular formula is C39H41N3O5. The van der Waals surface area contributed by atoms with Gasteiger partial charge in [0.1, 0.15) is 5.75 Å². The summed E-state index contributed by atoms with van der Waals surface area (Å²) < 4.78 is 0. The van der Waals surface area contributed by atoms with E-state index in [1.807, 2.05) is 108 Å². The van der Waals surface area contributed by atoms with Gasteiger partial charge >= 0.3 is 0 Å². The van der Waals surface area contributed by atoms with Gasteiger partial charge in [-0.25, -0.2) is 0 Å². The molecule has 0 unspecified atom stereocenters. The van der Waals surface area contributed by atoms with E-state index in [0.29, 0.717) is 23.2 Å². The van der Waals surface area contributed by atoms with Gasteiger partial charge in [0.2, 0.25) is 11.8 Å². The number of phenols is 1. The van der Waals surface area contributed by atoms with E-state index in [9.17, 15) is 19.5 Å². The van der Waals surface area contributed by atoms with Gasteiger partial charge < -0.3 is 5.11 Å². The van der Waals surface area contributed by atoms with Crippen LogP contribution in [0.15, 0.2) is 78.4 Å². The number of likely N-dealkylation sites (tertiary alicyclic amines) is 1. The molecule has 1 saturated carbocycles. The van der Waals surface area contributed by atoms with Crippen LogP contribution in [0, 0.1) is 44.4 Å². The van der Waals surface area contributed by atoms with Gasteiger partial charge in [-0.15, -0.1) is 0 Å². The monoisotopic (exact) mass is 631 g/mol. The predicted molar refractivity (Wildman–Crippen MR) is 178 cm³/mol. The van der Waals surface area contributed by atoms with Crippen molar-refractivity contribution in [2.24, 2.45) is 23.7 Å². The Morgan fingerprint density at radius 3 is 2.09 bits per heavy atom. The number of fused-ring (bicyclic) bond motifs is 4. The number of anilines is 1. The number of imide groups is 2. The maximum Gasteiger partial charge on any atom is 0.260 e. The molecule has 3 aromatic rings. The van der Waals surface area contributed by atoms with E-state index in [2.05, 4.69) is 11.5 Å². The molecule has 8 nitrogen and oxygen atoms in total. The molecule has 2 aliphatic carbocycles. The van der Waals surface area contributed by atoms with Crippen molar-refractivity contribution < 1.29 is 24.3 Å². The van der Waals surface area contributed by atoms with E-state index >= 15 is 4.79 Å². The molecular weight excluding hydrogens is 590 g/mol. The number of benzene rings is 3. The number of hydrogen-bond donors (Lipinski definition) is 2.